The zero-order valence-electron chi connectivity index (χ0n) is 16.4. The van der Waals surface area contributed by atoms with Crippen LogP contribution in [0.25, 0.3) is 11.0 Å². The number of aryl methyl sites for hydroxylation is 1. The van der Waals surface area contributed by atoms with Crippen LogP contribution in [0, 0.1) is 0 Å². The molecule has 154 valence electrons. The number of nitrogens with zero attached hydrogens (tertiary/aromatic N) is 4. The molecule has 0 fully saturated rings. The Hall–Kier alpha value is -2.45. The van der Waals surface area contributed by atoms with Crippen molar-refractivity contribution in [2.45, 2.75) is 38.3 Å². The average molecular weight is 458 g/mol. The highest BCUT2D eigenvalue weighted by Gasteiger charge is 2.27. The highest BCUT2D eigenvalue weighted by atomic mass is 79.9. The summed E-state index contributed by atoms with van der Waals surface area (Å²) >= 11 is 0. The lowest BCUT2D eigenvalue weighted by Gasteiger charge is -2.34. The first-order valence-corrected chi connectivity index (χ1v) is 9.87. The van der Waals surface area contributed by atoms with E-state index in [0.29, 0.717) is 6.54 Å². The Kier molecular flexibility index (Phi) is 7.22. The molecule has 4 rings (SSSR count). The van der Waals surface area contributed by atoms with Crippen molar-refractivity contribution in [1.29, 1.82) is 0 Å². The average Bonchev–Trinajstić information content (AvgIpc) is 3.12. The van der Waals surface area contributed by atoms with Gasteiger partial charge in [0.05, 0.1) is 29.3 Å². The summed E-state index contributed by atoms with van der Waals surface area (Å²) in [6.45, 7) is 2.26. The monoisotopic (exact) mass is 457 g/mol. The normalized spacial score (nSPS) is 15.7. The van der Waals surface area contributed by atoms with E-state index in [2.05, 4.69) is 27.0 Å². The Morgan fingerprint density at radius 1 is 1.21 bits per heavy atom. The predicted molar refractivity (Wildman–Crippen MR) is 122 cm³/mol. The Labute approximate surface area is 181 Å². The van der Waals surface area contributed by atoms with Gasteiger partial charge < -0.3 is 16.5 Å². The molecule has 0 saturated heterocycles. The molecule has 3 aromatic rings. The van der Waals surface area contributed by atoms with Crippen LogP contribution in [0.1, 0.15) is 42.4 Å². The van der Waals surface area contributed by atoms with Crippen molar-refractivity contribution in [3.05, 3.63) is 59.7 Å². The summed E-state index contributed by atoms with van der Waals surface area (Å²) in [5, 5.41) is 0. The number of aromatic nitrogens is 3. The number of pyridine rings is 1. The Bertz CT molecular complexity index is 931. The van der Waals surface area contributed by atoms with Crippen LogP contribution < -0.4 is 11.5 Å². The predicted octanol–water partition coefficient (Wildman–Crippen LogP) is 3.08. The Morgan fingerprint density at radius 3 is 2.90 bits per heavy atom. The van der Waals surface area contributed by atoms with E-state index in [1.807, 2.05) is 30.5 Å². The molecule has 1 aromatic carbocycles. The van der Waals surface area contributed by atoms with Gasteiger partial charge in [-0.1, -0.05) is 18.2 Å². The number of fused-ring (bicyclic) bond motifs is 2. The van der Waals surface area contributed by atoms with Crippen molar-refractivity contribution < 1.29 is 0 Å². The van der Waals surface area contributed by atoms with Crippen LogP contribution in [0.2, 0.25) is 0 Å². The first kappa shape index (κ1) is 21.3. The zero-order chi connectivity index (χ0) is 19.3. The van der Waals surface area contributed by atoms with Gasteiger partial charge >= 0.3 is 0 Å². The number of hydrogen-bond donors (Lipinski definition) is 3. The van der Waals surface area contributed by atoms with Crippen LogP contribution >= 0.6 is 17.0 Å². The molecule has 0 bridgehead atoms. The topological polar surface area (TPSA) is 109 Å². The molecule has 2 aromatic heterocycles. The zero-order valence-corrected chi connectivity index (χ0v) is 18.1. The Morgan fingerprint density at radius 2 is 2.07 bits per heavy atom. The number of guanidine groups is 1. The number of rotatable bonds is 7. The summed E-state index contributed by atoms with van der Waals surface area (Å²) in [6, 6.07) is 12.7. The van der Waals surface area contributed by atoms with E-state index in [1.165, 1.54) is 17.7 Å². The van der Waals surface area contributed by atoms with E-state index in [9.17, 15) is 0 Å². The molecule has 1 atom stereocenters. The van der Waals surface area contributed by atoms with Crippen molar-refractivity contribution in [2.75, 3.05) is 13.1 Å². The van der Waals surface area contributed by atoms with Gasteiger partial charge in [0.2, 0.25) is 0 Å². The summed E-state index contributed by atoms with van der Waals surface area (Å²) in [4.78, 5) is 19.6. The fourth-order valence-electron chi connectivity index (χ4n) is 4.04. The van der Waals surface area contributed by atoms with Gasteiger partial charge in [0, 0.05) is 19.3 Å². The molecule has 1 unspecified atom stereocenters. The number of aromatic amines is 1. The van der Waals surface area contributed by atoms with Crippen LogP contribution in [0.15, 0.2) is 47.6 Å². The molecule has 8 heteroatoms. The number of para-hydroxylation sites is 2. The largest absolute Gasteiger partial charge is 0.370 e. The minimum atomic E-state index is 0. The Balaban J connectivity index is 0.00000240. The molecule has 0 aliphatic heterocycles. The molecule has 0 saturated carbocycles. The van der Waals surface area contributed by atoms with Gasteiger partial charge in [-0.15, -0.1) is 17.0 Å². The number of benzene rings is 1. The van der Waals surface area contributed by atoms with Gasteiger partial charge in [-0.25, -0.2) is 4.98 Å². The third-order valence-electron chi connectivity index (χ3n) is 5.30. The van der Waals surface area contributed by atoms with Gasteiger partial charge in [0.25, 0.3) is 0 Å². The molecule has 0 radical (unpaired) electrons. The third kappa shape index (κ3) is 5.13. The minimum absolute atomic E-state index is 0. The lowest BCUT2D eigenvalue weighted by atomic mass is 9.90. The number of nitrogens with one attached hydrogen (secondary N) is 1. The van der Waals surface area contributed by atoms with E-state index in [4.69, 9.17) is 21.4 Å². The van der Waals surface area contributed by atoms with E-state index >= 15 is 0 Å². The molecule has 2 heterocycles. The van der Waals surface area contributed by atoms with Crippen LogP contribution in [0.3, 0.4) is 0 Å². The number of aliphatic imine (C=N–C) groups is 1. The fraction of sp³-hybridized carbons (Fsp3) is 0.381. The lowest BCUT2D eigenvalue weighted by molar-refractivity contribution is 0.161. The van der Waals surface area contributed by atoms with Crippen molar-refractivity contribution in [3.63, 3.8) is 0 Å². The van der Waals surface area contributed by atoms with Gasteiger partial charge in [-0.3, -0.25) is 14.9 Å². The number of nitrogens with two attached hydrogens (primary N) is 2. The van der Waals surface area contributed by atoms with E-state index < -0.39 is 0 Å². The summed E-state index contributed by atoms with van der Waals surface area (Å²) in [5.74, 6) is 1.12. The summed E-state index contributed by atoms with van der Waals surface area (Å²) in [5.41, 5.74) is 15.6. The first-order valence-electron chi connectivity index (χ1n) is 9.87. The first-order chi connectivity index (χ1) is 13.7. The van der Waals surface area contributed by atoms with Gasteiger partial charge in [-0.05, 0) is 49.4 Å². The van der Waals surface area contributed by atoms with Crippen LogP contribution in [-0.2, 0) is 13.0 Å². The van der Waals surface area contributed by atoms with Crippen LogP contribution in [0.5, 0.6) is 0 Å². The van der Waals surface area contributed by atoms with Gasteiger partial charge in [-0.2, -0.15) is 0 Å². The highest BCUT2D eigenvalue weighted by Crippen LogP contribution is 2.33. The van der Waals surface area contributed by atoms with Gasteiger partial charge in [0.15, 0.2) is 5.96 Å². The second-order valence-electron chi connectivity index (χ2n) is 7.29. The molecule has 0 spiro atoms. The number of halogens is 1. The minimum Gasteiger partial charge on any atom is -0.370 e. The summed E-state index contributed by atoms with van der Waals surface area (Å²) in [7, 11) is 0. The lowest BCUT2D eigenvalue weighted by Crippen LogP contribution is -2.33. The highest BCUT2D eigenvalue weighted by molar-refractivity contribution is 8.93. The van der Waals surface area contributed by atoms with Crippen molar-refractivity contribution >= 4 is 34.0 Å². The number of hydrogen-bond acceptors (Lipinski definition) is 4. The SMILES string of the molecule is Br.NC(N)=NCCCN(Cc1nc2ccccc2[nH]1)C1CCCc2cccnc21. The molecule has 29 heavy (non-hydrogen) atoms. The number of imidazole rings is 1. The summed E-state index contributed by atoms with van der Waals surface area (Å²) in [6.07, 6.45) is 6.17. The molecular formula is C21H28BrN7. The maximum Gasteiger partial charge on any atom is 0.185 e. The van der Waals surface area contributed by atoms with Gasteiger partial charge in [0.1, 0.15) is 5.82 Å². The van der Waals surface area contributed by atoms with E-state index in [1.54, 1.807) is 0 Å². The van der Waals surface area contributed by atoms with Crippen LogP contribution in [-0.4, -0.2) is 38.9 Å². The smallest absolute Gasteiger partial charge is 0.185 e. The molecule has 5 N–H and O–H groups in total. The quantitative estimate of drug-likeness (QED) is 0.286. The molecule has 1 aliphatic carbocycles. The standard InChI is InChI=1S/C21H27N7.BrH/c22-21(23)25-12-5-13-28(14-19-26-16-8-1-2-9-17(16)27-19)18-10-3-6-15-7-4-11-24-20(15)18;/h1-2,4,7-9,11,18H,3,5-6,10,12-14H2,(H,26,27)(H4,22,23,25);1H. The maximum atomic E-state index is 5.47. The second-order valence-corrected chi connectivity index (χ2v) is 7.29. The fourth-order valence-corrected chi connectivity index (χ4v) is 4.04. The molecule has 0 amide bonds. The van der Waals surface area contributed by atoms with Crippen LogP contribution in [0.4, 0.5) is 0 Å². The van der Waals surface area contributed by atoms with Crippen molar-refractivity contribution in [1.82, 2.24) is 19.9 Å². The van der Waals surface area contributed by atoms with Crippen molar-refractivity contribution in [2.24, 2.45) is 16.5 Å². The maximum absolute atomic E-state index is 5.47. The number of H-pyrrole nitrogens is 1. The molecule has 7 nitrogen and oxygen atoms in total. The second kappa shape index (κ2) is 9.84. The molecule has 1 aliphatic rings. The molecular weight excluding hydrogens is 430 g/mol. The van der Waals surface area contributed by atoms with E-state index in [-0.39, 0.29) is 29.0 Å². The van der Waals surface area contributed by atoms with E-state index in [0.717, 1.165) is 49.2 Å². The third-order valence-corrected chi connectivity index (χ3v) is 5.30. The summed E-state index contributed by atoms with van der Waals surface area (Å²) < 4.78 is 0. The van der Waals surface area contributed by atoms with Crippen molar-refractivity contribution in [3.8, 4) is 0 Å².